The van der Waals surface area contributed by atoms with Crippen molar-refractivity contribution < 1.29 is 24.1 Å². The van der Waals surface area contributed by atoms with Crippen molar-refractivity contribution in [2.24, 2.45) is 0 Å². The summed E-state index contributed by atoms with van der Waals surface area (Å²) in [5, 5.41) is 13.9. The third-order valence-corrected chi connectivity index (χ3v) is 6.19. The topological polar surface area (TPSA) is 95.9 Å². The van der Waals surface area contributed by atoms with Crippen molar-refractivity contribution >= 4 is 24.6 Å². The second-order valence-electron chi connectivity index (χ2n) is 8.73. The van der Waals surface area contributed by atoms with Crippen LogP contribution in [0.1, 0.15) is 68.3 Å². The molecule has 1 amide bonds. The van der Waals surface area contributed by atoms with Crippen LogP contribution in [-0.4, -0.2) is 60.2 Å². The van der Waals surface area contributed by atoms with Crippen LogP contribution in [0.5, 0.6) is 5.75 Å². The van der Waals surface area contributed by atoms with E-state index in [2.05, 4.69) is 12.2 Å². The summed E-state index contributed by atoms with van der Waals surface area (Å²) in [6.45, 7) is 5.20. The highest BCUT2D eigenvalue weighted by atomic mass is 16.5. The van der Waals surface area contributed by atoms with Gasteiger partial charge >= 0.3 is 7.12 Å². The Balaban J connectivity index is 1.49. The molecule has 0 radical (unpaired) electrons. The van der Waals surface area contributed by atoms with Crippen molar-refractivity contribution in [1.29, 1.82) is 0 Å². The second-order valence-corrected chi connectivity index (χ2v) is 8.73. The van der Waals surface area contributed by atoms with E-state index in [4.69, 9.17) is 4.65 Å². The first-order chi connectivity index (χ1) is 14.9. The van der Waals surface area contributed by atoms with E-state index in [1.165, 1.54) is 19.8 Å². The molecule has 2 aliphatic heterocycles. The molecule has 168 valence electrons. The SMILES string of the molecule is CCCCCNC1CCN(CC(=O)C[C@H]2Cc3cccc(C(C)=O)c3OB2O)C(=O)C1. The van der Waals surface area contributed by atoms with Crippen LogP contribution < -0.4 is 9.97 Å². The molecule has 2 N–H and O–H groups in total. The van der Waals surface area contributed by atoms with E-state index in [9.17, 15) is 19.4 Å². The van der Waals surface area contributed by atoms with E-state index < -0.39 is 12.9 Å². The minimum atomic E-state index is -1.15. The molecule has 3 rings (SSSR count). The zero-order valence-electron chi connectivity index (χ0n) is 18.6. The number of carbonyl (C=O) groups is 3. The maximum absolute atomic E-state index is 12.7. The number of Topliss-reactive ketones (excluding diaryl/α,β-unsaturated/α-hetero) is 2. The van der Waals surface area contributed by atoms with E-state index in [1.54, 1.807) is 17.0 Å². The quantitative estimate of drug-likeness (QED) is 0.338. The van der Waals surface area contributed by atoms with Crippen LogP contribution >= 0.6 is 0 Å². The highest BCUT2D eigenvalue weighted by Gasteiger charge is 2.38. The summed E-state index contributed by atoms with van der Waals surface area (Å²) < 4.78 is 5.61. The number of para-hydroxylation sites is 1. The first-order valence-electron chi connectivity index (χ1n) is 11.4. The van der Waals surface area contributed by atoms with E-state index in [-0.39, 0.29) is 36.5 Å². The molecule has 0 bridgehead atoms. The molecule has 2 heterocycles. The summed E-state index contributed by atoms with van der Waals surface area (Å²) in [7, 11) is -1.15. The number of ketones is 2. The number of carbonyl (C=O) groups excluding carboxylic acids is 3. The molecule has 1 fully saturated rings. The third-order valence-electron chi connectivity index (χ3n) is 6.19. The van der Waals surface area contributed by atoms with Crippen molar-refractivity contribution in [3.8, 4) is 5.75 Å². The van der Waals surface area contributed by atoms with Gasteiger partial charge in [0.15, 0.2) is 11.6 Å². The van der Waals surface area contributed by atoms with Crippen LogP contribution in [0.3, 0.4) is 0 Å². The van der Waals surface area contributed by atoms with Crippen molar-refractivity contribution in [1.82, 2.24) is 10.2 Å². The fourth-order valence-electron chi connectivity index (χ4n) is 4.41. The van der Waals surface area contributed by atoms with Crippen molar-refractivity contribution in [3.05, 3.63) is 29.3 Å². The number of amides is 1. The lowest BCUT2D eigenvalue weighted by Gasteiger charge is -2.32. The minimum absolute atomic E-state index is 0.00415. The van der Waals surface area contributed by atoms with Crippen LogP contribution in [0.25, 0.3) is 0 Å². The number of unbranched alkanes of at least 4 members (excludes halogenated alkanes) is 2. The van der Waals surface area contributed by atoms with Gasteiger partial charge in [-0.3, -0.25) is 14.4 Å². The summed E-state index contributed by atoms with van der Waals surface area (Å²) in [5.74, 6) is -0.184. The number of fused-ring (bicyclic) bond motifs is 1. The minimum Gasteiger partial charge on any atom is -0.535 e. The molecule has 2 atom stereocenters. The number of likely N-dealkylation sites (tertiary alicyclic amines) is 1. The third kappa shape index (κ3) is 6.17. The number of nitrogens with zero attached hydrogens (tertiary/aromatic N) is 1. The predicted octanol–water partition coefficient (Wildman–Crippen LogP) is 2.40. The van der Waals surface area contributed by atoms with Gasteiger partial charge in [0.25, 0.3) is 0 Å². The molecule has 1 aromatic carbocycles. The molecule has 1 saturated heterocycles. The summed E-state index contributed by atoms with van der Waals surface area (Å²) in [6.07, 6.45) is 5.34. The second kappa shape index (κ2) is 10.9. The molecule has 1 aromatic rings. The molecule has 31 heavy (non-hydrogen) atoms. The fourth-order valence-corrected chi connectivity index (χ4v) is 4.41. The van der Waals surface area contributed by atoms with Crippen molar-refractivity contribution in [3.63, 3.8) is 0 Å². The summed E-state index contributed by atoms with van der Waals surface area (Å²) in [6, 6.07) is 5.51. The lowest BCUT2D eigenvalue weighted by Crippen LogP contribution is -2.48. The number of benzene rings is 1. The van der Waals surface area contributed by atoms with Gasteiger partial charge in [-0.1, -0.05) is 31.9 Å². The summed E-state index contributed by atoms with van der Waals surface area (Å²) in [4.78, 5) is 38.5. The zero-order chi connectivity index (χ0) is 22.4. The average Bonchev–Trinajstić information content (AvgIpc) is 2.73. The fraction of sp³-hybridized carbons (Fsp3) is 0.609. The Morgan fingerprint density at radius 2 is 2.10 bits per heavy atom. The highest BCUT2D eigenvalue weighted by Crippen LogP contribution is 2.36. The monoisotopic (exact) mass is 428 g/mol. The van der Waals surface area contributed by atoms with Crippen LogP contribution in [-0.2, 0) is 16.0 Å². The van der Waals surface area contributed by atoms with Gasteiger partial charge in [-0.25, -0.2) is 0 Å². The Bertz CT molecular complexity index is 815. The normalized spacial score (nSPS) is 20.9. The van der Waals surface area contributed by atoms with Gasteiger partial charge in [0, 0.05) is 31.2 Å². The molecule has 2 aliphatic rings. The molecular weight excluding hydrogens is 395 g/mol. The standard InChI is InChI=1S/C23H33BN2O5/c1-3-4-5-10-25-19-9-11-26(22(29)14-19)15-20(28)13-18-12-17-7-6-8-21(16(2)27)23(17)31-24(18)30/h6-8,18-19,25,30H,3-5,9-15H2,1-2H3/t18-,19?/m1/s1. The van der Waals surface area contributed by atoms with Gasteiger partial charge in [0.05, 0.1) is 12.1 Å². The number of hydrogen-bond donors (Lipinski definition) is 2. The molecule has 7 nitrogen and oxygen atoms in total. The maximum atomic E-state index is 12.7. The number of nitrogens with one attached hydrogen (secondary N) is 1. The van der Waals surface area contributed by atoms with Crippen LogP contribution in [0.2, 0.25) is 5.82 Å². The van der Waals surface area contributed by atoms with Crippen molar-refractivity contribution in [2.75, 3.05) is 19.6 Å². The van der Waals surface area contributed by atoms with Crippen LogP contribution in [0, 0.1) is 0 Å². The van der Waals surface area contributed by atoms with Crippen LogP contribution in [0.4, 0.5) is 0 Å². The Morgan fingerprint density at radius 3 is 2.81 bits per heavy atom. The molecule has 0 spiro atoms. The van der Waals surface area contributed by atoms with Gasteiger partial charge in [-0.2, -0.15) is 0 Å². The number of piperidine rings is 1. The lowest BCUT2D eigenvalue weighted by molar-refractivity contribution is -0.138. The molecule has 0 saturated carbocycles. The Hall–Kier alpha value is -2.19. The molecule has 0 aromatic heterocycles. The maximum Gasteiger partial charge on any atom is 0.526 e. The van der Waals surface area contributed by atoms with Gasteiger partial charge < -0.3 is 19.9 Å². The van der Waals surface area contributed by atoms with E-state index >= 15 is 0 Å². The van der Waals surface area contributed by atoms with Crippen LogP contribution in [0.15, 0.2) is 18.2 Å². The first kappa shape index (κ1) is 23.5. The Kier molecular flexibility index (Phi) is 8.26. The number of hydrogen-bond acceptors (Lipinski definition) is 6. The van der Waals surface area contributed by atoms with Crippen molar-refractivity contribution in [2.45, 2.75) is 70.7 Å². The van der Waals surface area contributed by atoms with Gasteiger partial charge in [-0.15, -0.1) is 0 Å². The van der Waals surface area contributed by atoms with Gasteiger partial charge in [0.2, 0.25) is 5.91 Å². The lowest BCUT2D eigenvalue weighted by atomic mass is 9.64. The first-order valence-corrected chi connectivity index (χ1v) is 11.4. The molecular formula is C23H33BN2O5. The average molecular weight is 428 g/mol. The Labute approximate surface area is 184 Å². The number of rotatable bonds is 10. The molecule has 1 unspecified atom stereocenters. The molecule has 8 heteroatoms. The summed E-state index contributed by atoms with van der Waals surface area (Å²) >= 11 is 0. The van der Waals surface area contributed by atoms with E-state index in [0.29, 0.717) is 30.7 Å². The zero-order valence-corrected chi connectivity index (χ0v) is 18.6. The smallest absolute Gasteiger partial charge is 0.526 e. The predicted molar refractivity (Wildman–Crippen MR) is 119 cm³/mol. The van der Waals surface area contributed by atoms with E-state index in [0.717, 1.165) is 24.9 Å². The van der Waals surface area contributed by atoms with E-state index in [1.807, 2.05) is 6.07 Å². The van der Waals surface area contributed by atoms with Gasteiger partial charge in [-0.05, 0) is 44.4 Å². The van der Waals surface area contributed by atoms with Gasteiger partial charge in [0.1, 0.15) is 5.75 Å². The Morgan fingerprint density at radius 1 is 1.29 bits per heavy atom. The highest BCUT2D eigenvalue weighted by molar-refractivity contribution is 6.47. The molecule has 0 aliphatic carbocycles. The largest absolute Gasteiger partial charge is 0.535 e. The summed E-state index contributed by atoms with van der Waals surface area (Å²) in [5.41, 5.74) is 1.26.